The quantitative estimate of drug-likeness (QED) is 0.320. The van der Waals surface area contributed by atoms with Crippen molar-refractivity contribution in [2.75, 3.05) is 0 Å². The van der Waals surface area contributed by atoms with Crippen molar-refractivity contribution >= 4 is 23.1 Å². The number of thioether (sulfide) groups is 1. The average Bonchev–Trinajstić information content (AvgIpc) is 2.74. The van der Waals surface area contributed by atoms with Crippen LogP contribution in [0.25, 0.3) is 0 Å². The van der Waals surface area contributed by atoms with E-state index in [-0.39, 0.29) is 5.75 Å². The Labute approximate surface area is 175 Å². The zero-order valence-electron chi connectivity index (χ0n) is 15.6. The first kappa shape index (κ1) is 21.4. The van der Waals surface area contributed by atoms with Crippen molar-refractivity contribution in [2.45, 2.75) is 11.9 Å². The Balaban J connectivity index is 1.58. The van der Waals surface area contributed by atoms with Crippen LogP contribution in [-0.4, -0.2) is 16.4 Å². The summed E-state index contributed by atoms with van der Waals surface area (Å²) >= 11 is 1.37. The molecule has 0 bridgehead atoms. The molecular formula is C21H17F3N4OS. The molecule has 0 saturated heterocycles. The highest BCUT2D eigenvalue weighted by Crippen LogP contribution is 2.36. The maximum Gasteiger partial charge on any atom is 0.421 e. The number of hydrogen-bond acceptors (Lipinski definition) is 5. The van der Waals surface area contributed by atoms with Gasteiger partial charge in [-0.25, -0.2) is 4.98 Å². The predicted molar refractivity (Wildman–Crippen MR) is 113 cm³/mol. The summed E-state index contributed by atoms with van der Waals surface area (Å²) in [5.41, 5.74) is 6.70. The van der Waals surface area contributed by atoms with E-state index in [1.54, 1.807) is 12.1 Å². The minimum absolute atomic E-state index is 0.220. The van der Waals surface area contributed by atoms with E-state index < -0.39 is 17.6 Å². The fourth-order valence-electron chi connectivity index (χ4n) is 2.33. The summed E-state index contributed by atoms with van der Waals surface area (Å²) in [6.45, 7) is 0. The van der Waals surface area contributed by atoms with E-state index in [0.29, 0.717) is 16.5 Å². The molecule has 0 aliphatic rings. The first-order chi connectivity index (χ1) is 14.4. The number of hydrogen-bond donors (Lipinski definition) is 1. The Kier molecular flexibility index (Phi) is 7.08. The number of alkyl halides is 3. The minimum Gasteiger partial charge on any atom is -0.438 e. The number of rotatable bonds is 6. The Hall–Kier alpha value is -3.33. The molecule has 154 valence electrons. The molecule has 0 unspecified atom stereocenters. The molecular weight excluding hydrogens is 413 g/mol. The van der Waals surface area contributed by atoms with Gasteiger partial charge in [-0.15, -0.1) is 5.10 Å². The second-order valence-electron chi connectivity index (χ2n) is 5.98. The molecule has 9 heteroatoms. The van der Waals surface area contributed by atoms with Gasteiger partial charge in [-0.1, -0.05) is 42.1 Å². The largest absolute Gasteiger partial charge is 0.438 e. The number of ether oxygens (including phenoxy) is 1. The van der Waals surface area contributed by atoms with E-state index in [0.717, 1.165) is 11.6 Å². The highest BCUT2D eigenvalue weighted by molar-refractivity contribution is 8.13. The van der Waals surface area contributed by atoms with Crippen molar-refractivity contribution in [1.82, 2.24) is 4.98 Å². The molecule has 3 rings (SSSR count). The summed E-state index contributed by atoms with van der Waals surface area (Å²) < 4.78 is 44.3. The number of nitrogens with zero attached hydrogens (tertiary/aromatic N) is 3. The summed E-state index contributed by atoms with van der Waals surface area (Å²) in [4.78, 5) is 3.67. The number of amidine groups is 1. The van der Waals surface area contributed by atoms with Crippen LogP contribution in [0.15, 0.2) is 83.1 Å². The average molecular weight is 430 g/mol. The lowest BCUT2D eigenvalue weighted by molar-refractivity contribution is -0.138. The van der Waals surface area contributed by atoms with Gasteiger partial charge < -0.3 is 10.5 Å². The maximum absolute atomic E-state index is 13.0. The van der Waals surface area contributed by atoms with Crippen molar-refractivity contribution in [2.24, 2.45) is 15.9 Å². The molecule has 0 fully saturated rings. The zero-order valence-corrected chi connectivity index (χ0v) is 16.4. The molecule has 0 saturated carbocycles. The van der Waals surface area contributed by atoms with Gasteiger partial charge in [0.15, 0.2) is 5.17 Å². The van der Waals surface area contributed by atoms with Gasteiger partial charge in [0.05, 0.1) is 6.21 Å². The van der Waals surface area contributed by atoms with Gasteiger partial charge in [0.25, 0.3) is 0 Å². The van der Waals surface area contributed by atoms with Crippen LogP contribution in [-0.2, 0) is 11.9 Å². The van der Waals surface area contributed by atoms with E-state index in [9.17, 15) is 13.2 Å². The molecule has 0 amide bonds. The Morgan fingerprint density at radius 2 is 1.77 bits per heavy atom. The molecule has 30 heavy (non-hydrogen) atoms. The first-order valence-electron chi connectivity index (χ1n) is 8.75. The van der Waals surface area contributed by atoms with E-state index in [2.05, 4.69) is 15.2 Å². The highest BCUT2D eigenvalue weighted by Gasteiger charge is 2.35. The van der Waals surface area contributed by atoms with Gasteiger partial charge in [-0.3, -0.25) is 0 Å². The monoisotopic (exact) mass is 430 g/mol. The number of aromatic nitrogens is 1. The third kappa shape index (κ3) is 6.35. The number of benzene rings is 2. The predicted octanol–water partition coefficient (Wildman–Crippen LogP) is 5.47. The van der Waals surface area contributed by atoms with Crippen molar-refractivity contribution in [3.63, 3.8) is 0 Å². The molecule has 0 radical (unpaired) electrons. The number of nitrogens with two attached hydrogens (primary N) is 1. The molecule has 0 aliphatic heterocycles. The second kappa shape index (κ2) is 9.93. The van der Waals surface area contributed by atoms with Crippen LogP contribution >= 0.6 is 11.8 Å². The van der Waals surface area contributed by atoms with Crippen LogP contribution in [0.2, 0.25) is 0 Å². The molecule has 1 aromatic heterocycles. The van der Waals surface area contributed by atoms with E-state index in [4.69, 9.17) is 10.5 Å². The van der Waals surface area contributed by atoms with Crippen LogP contribution in [0, 0.1) is 0 Å². The summed E-state index contributed by atoms with van der Waals surface area (Å²) in [6.07, 6.45) is -1.82. The van der Waals surface area contributed by atoms with Crippen LogP contribution in [0.5, 0.6) is 11.6 Å². The normalized spacial score (nSPS) is 12.3. The lowest BCUT2D eigenvalue weighted by Crippen LogP contribution is -2.08. The van der Waals surface area contributed by atoms with E-state index in [1.807, 2.05) is 30.3 Å². The topological polar surface area (TPSA) is 72.9 Å². The fourth-order valence-corrected chi connectivity index (χ4v) is 2.95. The van der Waals surface area contributed by atoms with Crippen molar-refractivity contribution in [1.29, 1.82) is 0 Å². The third-order valence-electron chi connectivity index (χ3n) is 3.76. The SMILES string of the molecule is NC(=NN=Cc1ccc(Oc2ncccc2C(F)(F)F)cc1)SCc1ccccc1. The van der Waals surface area contributed by atoms with E-state index in [1.165, 1.54) is 42.4 Å². The van der Waals surface area contributed by atoms with E-state index >= 15 is 0 Å². The third-order valence-corrected chi connectivity index (χ3v) is 4.62. The van der Waals surface area contributed by atoms with Crippen molar-refractivity contribution in [3.05, 3.63) is 89.6 Å². The summed E-state index contributed by atoms with van der Waals surface area (Å²) in [7, 11) is 0. The number of halogens is 3. The molecule has 2 N–H and O–H groups in total. The molecule has 3 aromatic rings. The van der Waals surface area contributed by atoms with Gasteiger partial charge in [0, 0.05) is 11.9 Å². The van der Waals surface area contributed by atoms with Crippen LogP contribution in [0.3, 0.4) is 0 Å². The van der Waals surface area contributed by atoms with Crippen molar-refractivity contribution in [3.8, 4) is 11.6 Å². The Morgan fingerprint density at radius 1 is 1.03 bits per heavy atom. The molecule has 2 aromatic carbocycles. The van der Waals surface area contributed by atoms with Gasteiger partial charge in [0.2, 0.25) is 5.88 Å². The fraction of sp³-hybridized carbons (Fsp3) is 0.0952. The molecule has 5 nitrogen and oxygen atoms in total. The highest BCUT2D eigenvalue weighted by atomic mass is 32.2. The minimum atomic E-state index is -4.55. The van der Waals surface area contributed by atoms with Crippen LogP contribution < -0.4 is 10.5 Å². The molecule has 0 atom stereocenters. The second-order valence-corrected chi connectivity index (χ2v) is 6.98. The number of pyridine rings is 1. The van der Waals surface area contributed by atoms with Gasteiger partial charge >= 0.3 is 6.18 Å². The molecule has 1 heterocycles. The maximum atomic E-state index is 13.0. The lowest BCUT2D eigenvalue weighted by Gasteiger charge is -2.12. The first-order valence-corrected chi connectivity index (χ1v) is 9.74. The lowest BCUT2D eigenvalue weighted by atomic mass is 10.2. The zero-order chi connectivity index (χ0) is 21.4. The Morgan fingerprint density at radius 3 is 2.47 bits per heavy atom. The van der Waals surface area contributed by atoms with Gasteiger partial charge in [0.1, 0.15) is 11.3 Å². The Bertz CT molecular complexity index is 1020. The summed E-state index contributed by atoms with van der Waals surface area (Å²) in [5, 5.41) is 8.18. The van der Waals surface area contributed by atoms with Gasteiger partial charge in [-0.05, 0) is 47.5 Å². The summed E-state index contributed by atoms with van der Waals surface area (Å²) in [5.74, 6) is 0.405. The van der Waals surface area contributed by atoms with Crippen molar-refractivity contribution < 1.29 is 17.9 Å². The van der Waals surface area contributed by atoms with Gasteiger partial charge in [-0.2, -0.15) is 18.3 Å². The summed E-state index contributed by atoms with van der Waals surface area (Å²) in [6, 6.07) is 18.3. The molecule has 0 aliphatic carbocycles. The van der Waals surface area contributed by atoms with Crippen LogP contribution in [0.1, 0.15) is 16.7 Å². The standard InChI is InChI=1S/C21H17F3N4OS/c22-21(23,24)18-7-4-12-26-19(18)29-17-10-8-15(9-11-17)13-27-28-20(25)30-14-16-5-2-1-3-6-16/h1-13H,14H2,(H2,25,28). The van der Waals surface area contributed by atoms with Crippen LogP contribution in [0.4, 0.5) is 13.2 Å². The molecule has 0 spiro atoms. The smallest absolute Gasteiger partial charge is 0.421 e.